The van der Waals surface area contributed by atoms with Gasteiger partial charge in [-0.2, -0.15) is 0 Å². The zero-order valence-electron chi connectivity index (χ0n) is 14.0. The summed E-state index contributed by atoms with van der Waals surface area (Å²) >= 11 is 6.08. The summed E-state index contributed by atoms with van der Waals surface area (Å²) in [4.78, 5) is 12.3. The predicted molar refractivity (Wildman–Crippen MR) is 102 cm³/mol. The van der Waals surface area contributed by atoms with Gasteiger partial charge in [-0.1, -0.05) is 65.1 Å². The van der Waals surface area contributed by atoms with Gasteiger partial charge in [0.05, 0.1) is 10.6 Å². The van der Waals surface area contributed by atoms with E-state index in [1.165, 1.54) is 5.56 Å². The van der Waals surface area contributed by atoms with Crippen LogP contribution in [0.3, 0.4) is 0 Å². The molecule has 0 spiro atoms. The van der Waals surface area contributed by atoms with E-state index in [4.69, 9.17) is 11.6 Å². The van der Waals surface area contributed by atoms with Gasteiger partial charge < -0.3 is 0 Å². The molecule has 0 aliphatic carbocycles. The van der Waals surface area contributed by atoms with E-state index in [2.05, 4.69) is 24.3 Å². The maximum absolute atomic E-state index is 12.3. The van der Waals surface area contributed by atoms with Crippen LogP contribution in [0.1, 0.15) is 47.2 Å². The maximum Gasteiger partial charge on any atom is 0.420 e. The summed E-state index contributed by atoms with van der Waals surface area (Å²) in [6.45, 7) is 1.83. The minimum absolute atomic E-state index is 0.308. The first-order valence-corrected chi connectivity index (χ1v) is 10.2. The van der Waals surface area contributed by atoms with Crippen molar-refractivity contribution in [3.63, 3.8) is 0 Å². The monoisotopic (exact) mass is 361 g/mol. The van der Waals surface area contributed by atoms with Crippen molar-refractivity contribution in [2.24, 2.45) is 0 Å². The highest BCUT2D eigenvalue weighted by Crippen LogP contribution is 2.33. The van der Waals surface area contributed by atoms with Crippen molar-refractivity contribution < 1.29 is 9.36 Å². The molecule has 1 atom stereocenters. The minimum Gasteiger partial charge on any atom is -0.234 e. The average Bonchev–Trinajstić information content (AvgIpc) is 2.58. The van der Waals surface area contributed by atoms with Crippen molar-refractivity contribution in [3.05, 3.63) is 70.2 Å². The third-order valence-corrected chi connectivity index (χ3v) is 5.80. The van der Waals surface area contributed by atoms with Crippen LogP contribution in [0.15, 0.2) is 48.5 Å². The second-order valence-corrected chi connectivity index (χ2v) is 8.01. The summed E-state index contributed by atoms with van der Waals surface area (Å²) in [5.41, 5.74) is 2.26. The molecule has 0 saturated carbocycles. The highest BCUT2D eigenvalue weighted by atomic mass is 35.5. The Morgan fingerprint density at radius 2 is 1.67 bits per heavy atom. The Labute approximate surface area is 150 Å². The van der Waals surface area contributed by atoms with Gasteiger partial charge in [-0.25, -0.2) is 4.79 Å². The summed E-state index contributed by atoms with van der Waals surface area (Å²) in [6, 6.07) is 15.7. The fourth-order valence-electron chi connectivity index (χ4n) is 2.71. The van der Waals surface area contributed by atoms with E-state index < -0.39 is 7.80 Å². The number of halogens is 1. The van der Waals surface area contributed by atoms with E-state index in [0.717, 1.165) is 37.7 Å². The van der Waals surface area contributed by atoms with Gasteiger partial charge in [-0.15, -0.1) is 0 Å². The minimum atomic E-state index is -1.89. The van der Waals surface area contributed by atoms with Crippen LogP contribution in [0, 0.1) is 6.92 Å². The molecule has 4 heteroatoms. The van der Waals surface area contributed by atoms with Crippen molar-refractivity contribution in [3.8, 4) is 0 Å². The normalized spacial score (nSPS) is 11.3. The third-order valence-electron chi connectivity index (χ3n) is 4.08. The van der Waals surface area contributed by atoms with Crippen LogP contribution in [-0.2, 0) is 11.0 Å². The molecule has 2 nitrogen and oxygen atoms in total. The SMILES string of the molecule is Cc1cccc(Cl)c1C(=O)[P+](=O)CCCCCCc1ccccc1. The number of carbonyl (C=O) groups is 1. The van der Waals surface area contributed by atoms with E-state index in [0.29, 0.717) is 16.7 Å². The Morgan fingerprint density at radius 1 is 0.958 bits per heavy atom. The standard InChI is InChI=1S/C20H23ClO2P/c1-16-10-9-14-18(21)19(16)20(22)24(23)15-8-3-2-5-11-17-12-6-4-7-13-17/h4,6-7,9-10,12-14H,2-3,5,8,11,15H2,1H3/q+1. The van der Waals surface area contributed by atoms with Gasteiger partial charge in [-0.3, -0.25) is 0 Å². The third kappa shape index (κ3) is 5.54. The lowest BCUT2D eigenvalue weighted by Crippen LogP contribution is -2.00. The number of carbonyl (C=O) groups excluding carboxylic acids is 1. The Balaban J connectivity index is 1.70. The topological polar surface area (TPSA) is 34.1 Å². The first-order valence-electron chi connectivity index (χ1n) is 8.37. The molecule has 2 aromatic carbocycles. The van der Waals surface area contributed by atoms with E-state index in [9.17, 15) is 9.36 Å². The number of hydrogen-bond donors (Lipinski definition) is 0. The molecule has 0 radical (unpaired) electrons. The molecule has 0 amide bonds. The molecule has 0 heterocycles. The van der Waals surface area contributed by atoms with Crippen molar-refractivity contribution in [1.82, 2.24) is 0 Å². The number of rotatable bonds is 9. The summed E-state index contributed by atoms with van der Waals surface area (Å²) < 4.78 is 12.2. The van der Waals surface area contributed by atoms with Gasteiger partial charge in [0.2, 0.25) is 0 Å². The molecule has 2 aromatic rings. The molecule has 0 saturated heterocycles. The molecule has 0 aliphatic heterocycles. The van der Waals surface area contributed by atoms with Crippen molar-refractivity contribution in [2.75, 3.05) is 6.16 Å². The largest absolute Gasteiger partial charge is 0.420 e. The first-order chi connectivity index (χ1) is 11.6. The van der Waals surface area contributed by atoms with E-state index >= 15 is 0 Å². The molecule has 126 valence electrons. The van der Waals surface area contributed by atoms with Crippen LogP contribution < -0.4 is 0 Å². The molecular formula is C20H23ClO2P+. The van der Waals surface area contributed by atoms with Crippen LogP contribution in [0.4, 0.5) is 0 Å². The Bertz CT molecular complexity index is 678. The average molecular weight is 362 g/mol. The molecule has 0 aromatic heterocycles. The lowest BCUT2D eigenvalue weighted by atomic mass is 10.1. The van der Waals surface area contributed by atoms with Crippen LogP contribution in [-0.4, -0.2) is 11.7 Å². The van der Waals surface area contributed by atoms with Gasteiger partial charge in [0.25, 0.3) is 0 Å². The molecule has 2 rings (SSSR count). The number of aryl methyl sites for hydroxylation is 2. The fourth-order valence-corrected chi connectivity index (χ4v) is 4.35. The summed E-state index contributed by atoms with van der Waals surface area (Å²) in [5.74, 6) is 0. The molecule has 0 bridgehead atoms. The first kappa shape index (κ1) is 18.8. The van der Waals surface area contributed by atoms with Gasteiger partial charge in [-0.05, 0) is 49.8 Å². The van der Waals surface area contributed by atoms with Gasteiger partial charge >= 0.3 is 13.3 Å². The Kier molecular flexibility index (Phi) is 7.62. The van der Waals surface area contributed by atoms with Crippen molar-refractivity contribution in [2.45, 2.75) is 39.0 Å². The second kappa shape index (κ2) is 9.71. The van der Waals surface area contributed by atoms with Gasteiger partial charge in [0, 0.05) is 0 Å². The lowest BCUT2D eigenvalue weighted by molar-refractivity contribution is 0.107. The quantitative estimate of drug-likeness (QED) is 0.381. The maximum atomic E-state index is 12.3. The molecule has 24 heavy (non-hydrogen) atoms. The zero-order valence-corrected chi connectivity index (χ0v) is 15.7. The summed E-state index contributed by atoms with van der Waals surface area (Å²) in [6.07, 6.45) is 5.56. The molecule has 0 fully saturated rings. The smallest absolute Gasteiger partial charge is 0.234 e. The van der Waals surface area contributed by atoms with Crippen LogP contribution in [0.2, 0.25) is 5.02 Å². The van der Waals surface area contributed by atoms with Crippen LogP contribution >= 0.6 is 19.4 Å². The number of hydrogen-bond acceptors (Lipinski definition) is 2. The highest BCUT2D eigenvalue weighted by Gasteiger charge is 2.31. The zero-order chi connectivity index (χ0) is 17.4. The van der Waals surface area contributed by atoms with Crippen molar-refractivity contribution in [1.29, 1.82) is 0 Å². The molecule has 0 N–H and O–H groups in total. The summed E-state index contributed by atoms with van der Waals surface area (Å²) in [5, 5.41) is 0.395. The number of unbranched alkanes of at least 4 members (excludes halogenated alkanes) is 3. The second-order valence-electron chi connectivity index (χ2n) is 5.99. The van der Waals surface area contributed by atoms with Crippen LogP contribution in [0.5, 0.6) is 0 Å². The Hall–Kier alpha value is -1.50. The lowest BCUT2D eigenvalue weighted by Gasteiger charge is -2.01. The Morgan fingerprint density at radius 3 is 2.38 bits per heavy atom. The van der Waals surface area contributed by atoms with E-state index in [1.807, 2.05) is 19.1 Å². The fraction of sp³-hybridized carbons (Fsp3) is 0.350. The van der Waals surface area contributed by atoms with Gasteiger partial charge in [0.15, 0.2) is 6.16 Å². The molecular weight excluding hydrogens is 339 g/mol. The highest BCUT2D eigenvalue weighted by molar-refractivity contribution is 7.64. The molecule has 1 unspecified atom stereocenters. The van der Waals surface area contributed by atoms with E-state index in [1.54, 1.807) is 12.1 Å². The summed E-state index contributed by atoms with van der Waals surface area (Å²) in [7, 11) is -1.89. The van der Waals surface area contributed by atoms with Crippen molar-refractivity contribution >= 4 is 24.9 Å². The van der Waals surface area contributed by atoms with Crippen LogP contribution in [0.25, 0.3) is 0 Å². The predicted octanol–water partition coefficient (Wildman–Crippen LogP) is 6.42. The number of benzene rings is 2. The van der Waals surface area contributed by atoms with E-state index in [-0.39, 0.29) is 5.52 Å². The molecule has 0 aliphatic rings. The van der Waals surface area contributed by atoms with Gasteiger partial charge in [0.1, 0.15) is 0 Å².